The first-order chi connectivity index (χ1) is 17.7. The number of halogens is 2. The number of aromatic nitrogens is 4. The molecule has 2 heterocycles. The van der Waals surface area contributed by atoms with Gasteiger partial charge in [0, 0.05) is 13.1 Å². The summed E-state index contributed by atoms with van der Waals surface area (Å²) in [6.07, 6.45) is 1.73. The minimum absolute atomic E-state index is 0.0206. The number of carbonyl (C=O) groups is 2. The average molecular weight is 516 g/mol. The average Bonchev–Trinajstić information content (AvgIpc) is 3.22. The Labute approximate surface area is 211 Å². The molecule has 1 aliphatic carbocycles. The number of carboxylic acid groups (broad SMARTS) is 1. The van der Waals surface area contributed by atoms with Crippen LogP contribution in [0.3, 0.4) is 0 Å². The fraction of sp³-hybridized carbons (Fsp3) is 0.400. The van der Waals surface area contributed by atoms with E-state index >= 15 is 0 Å². The molecule has 1 aromatic carbocycles. The lowest BCUT2D eigenvalue weighted by Gasteiger charge is -2.27. The Morgan fingerprint density at radius 3 is 2.65 bits per heavy atom. The summed E-state index contributed by atoms with van der Waals surface area (Å²) in [5.41, 5.74) is 2.33. The first-order valence-electron chi connectivity index (χ1n) is 11.8. The maximum atomic E-state index is 13.3. The molecule has 1 aliphatic rings. The number of rotatable bonds is 8. The molecule has 2 atom stereocenters. The largest absolute Gasteiger partial charge is 0.489 e. The van der Waals surface area contributed by atoms with E-state index in [4.69, 9.17) is 9.47 Å². The quantitative estimate of drug-likeness (QED) is 0.462. The lowest BCUT2D eigenvalue weighted by atomic mass is 9.87. The van der Waals surface area contributed by atoms with Crippen LogP contribution in [0.4, 0.5) is 13.6 Å². The van der Waals surface area contributed by atoms with Crippen molar-refractivity contribution in [3.8, 4) is 17.1 Å². The molecule has 37 heavy (non-hydrogen) atoms. The first-order valence-corrected chi connectivity index (χ1v) is 11.8. The van der Waals surface area contributed by atoms with Crippen LogP contribution in [0.1, 0.15) is 42.6 Å². The number of benzene rings is 1. The normalized spacial score (nSPS) is 17.3. The molecule has 196 valence electrons. The SMILES string of the molecule is Cc1nc(-c2nnn(C)c2CNC(=O)OCc2cc(F)cc(F)c2)ccc1O[C@H]1CCCC(C(=O)O)C1. The molecule has 2 aromatic heterocycles. The number of ether oxygens (including phenoxy) is 2. The Bertz CT molecular complexity index is 1280. The highest BCUT2D eigenvalue weighted by Gasteiger charge is 2.28. The second kappa shape index (κ2) is 11.3. The number of hydrogen-bond donors (Lipinski definition) is 2. The molecule has 0 radical (unpaired) electrons. The highest BCUT2D eigenvalue weighted by atomic mass is 19.1. The second-order valence-corrected chi connectivity index (χ2v) is 8.94. The van der Waals surface area contributed by atoms with E-state index in [0.29, 0.717) is 41.4 Å². The van der Waals surface area contributed by atoms with Crippen molar-refractivity contribution in [1.29, 1.82) is 0 Å². The van der Waals surface area contributed by atoms with Crippen LogP contribution >= 0.6 is 0 Å². The fourth-order valence-corrected chi connectivity index (χ4v) is 4.28. The van der Waals surface area contributed by atoms with Crippen molar-refractivity contribution >= 4 is 12.1 Å². The zero-order valence-corrected chi connectivity index (χ0v) is 20.4. The van der Waals surface area contributed by atoms with Gasteiger partial charge in [-0.1, -0.05) is 5.21 Å². The summed E-state index contributed by atoms with van der Waals surface area (Å²) in [5.74, 6) is -2.14. The molecule has 1 fully saturated rings. The van der Waals surface area contributed by atoms with Crippen LogP contribution in [0.25, 0.3) is 11.4 Å². The van der Waals surface area contributed by atoms with Crippen molar-refractivity contribution in [3.63, 3.8) is 0 Å². The van der Waals surface area contributed by atoms with E-state index in [9.17, 15) is 23.5 Å². The van der Waals surface area contributed by atoms with Gasteiger partial charge in [-0.3, -0.25) is 4.79 Å². The van der Waals surface area contributed by atoms with Gasteiger partial charge in [0.15, 0.2) is 0 Å². The topological polar surface area (TPSA) is 128 Å². The summed E-state index contributed by atoms with van der Waals surface area (Å²) in [5, 5.41) is 20.1. The third-order valence-corrected chi connectivity index (χ3v) is 6.18. The van der Waals surface area contributed by atoms with E-state index in [0.717, 1.165) is 31.0 Å². The van der Waals surface area contributed by atoms with Crippen LogP contribution in [0.2, 0.25) is 0 Å². The van der Waals surface area contributed by atoms with Gasteiger partial charge < -0.3 is 19.9 Å². The monoisotopic (exact) mass is 515 g/mol. The minimum atomic E-state index is -0.797. The highest BCUT2D eigenvalue weighted by molar-refractivity contribution is 5.70. The standard InChI is InChI=1S/C25H27F2N5O5/c1-14-22(37-19-5-3-4-16(10-19)24(33)34)7-6-20(29-14)23-21(32(2)31-30-23)12-28-25(35)36-13-15-8-17(26)11-18(27)9-15/h6-9,11,16,19H,3-5,10,12-13H2,1-2H3,(H,28,35)(H,33,34)/t16?,19-/m0/s1. The number of carboxylic acids is 1. The molecular formula is C25H27F2N5O5. The third-order valence-electron chi connectivity index (χ3n) is 6.18. The molecule has 3 aromatic rings. The predicted octanol–water partition coefficient (Wildman–Crippen LogP) is 3.91. The zero-order valence-electron chi connectivity index (χ0n) is 20.4. The molecule has 0 aliphatic heterocycles. The molecule has 10 nitrogen and oxygen atoms in total. The van der Waals surface area contributed by atoms with Crippen LogP contribution in [-0.2, 0) is 29.7 Å². The van der Waals surface area contributed by atoms with E-state index < -0.39 is 29.6 Å². The van der Waals surface area contributed by atoms with E-state index in [1.165, 1.54) is 4.68 Å². The van der Waals surface area contributed by atoms with E-state index in [2.05, 4.69) is 20.6 Å². The van der Waals surface area contributed by atoms with Crippen molar-refractivity contribution in [2.75, 3.05) is 0 Å². The maximum Gasteiger partial charge on any atom is 0.407 e. The predicted molar refractivity (Wildman–Crippen MR) is 126 cm³/mol. The summed E-state index contributed by atoms with van der Waals surface area (Å²) in [6, 6.07) is 6.39. The van der Waals surface area contributed by atoms with Crippen molar-refractivity contribution < 1.29 is 33.0 Å². The number of aryl methyl sites for hydroxylation is 2. The van der Waals surface area contributed by atoms with Gasteiger partial charge in [0.05, 0.1) is 35.6 Å². The van der Waals surface area contributed by atoms with Crippen LogP contribution in [0, 0.1) is 24.5 Å². The second-order valence-electron chi connectivity index (χ2n) is 8.94. The molecule has 0 bridgehead atoms. The van der Waals surface area contributed by atoms with E-state index in [1.54, 1.807) is 26.1 Å². The van der Waals surface area contributed by atoms with Gasteiger partial charge in [-0.25, -0.2) is 23.2 Å². The van der Waals surface area contributed by atoms with Gasteiger partial charge in [-0.2, -0.15) is 0 Å². The van der Waals surface area contributed by atoms with E-state index in [-0.39, 0.29) is 24.8 Å². The van der Waals surface area contributed by atoms with Gasteiger partial charge >= 0.3 is 12.1 Å². The first kappa shape index (κ1) is 26.0. The van der Waals surface area contributed by atoms with Gasteiger partial charge in [-0.05, 0) is 62.4 Å². The van der Waals surface area contributed by atoms with Crippen LogP contribution in [0.5, 0.6) is 5.75 Å². The van der Waals surface area contributed by atoms with Crippen molar-refractivity contribution in [1.82, 2.24) is 25.3 Å². The molecule has 0 spiro atoms. The minimum Gasteiger partial charge on any atom is -0.489 e. The number of alkyl carbamates (subject to hydrolysis) is 1. The zero-order chi connectivity index (χ0) is 26.5. The summed E-state index contributed by atoms with van der Waals surface area (Å²) >= 11 is 0. The number of carbonyl (C=O) groups excluding carboxylic acids is 1. The van der Waals surface area contributed by atoms with Gasteiger partial charge in [0.25, 0.3) is 0 Å². The summed E-state index contributed by atoms with van der Waals surface area (Å²) in [6.45, 7) is 1.51. The lowest BCUT2D eigenvalue weighted by Crippen LogP contribution is -2.29. The lowest BCUT2D eigenvalue weighted by molar-refractivity contribution is -0.143. The van der Waals surface area contributed by atoms with Crippen molar-refractivity contribution in [2.45, 2.75) is 51.9 Å². The Morgan fingerprint density at radius 1 is 1.19 bits per heavy atom. The molecule has 4 rings (SSSR count). The summed E-state index contributed by atoms with van der Waals surface area (Å²) in [7, 11) is 1.67. The Morgan fingerprint density at radius 2 is 1.95 bits per heavy atom. The molecule has 2 N–H and O–H groups in total. The molecule has 0 saturated heterocycles. The number of hydrogen-bond acceptors (Lipinski definition) is 7. The molecule has 1 saturated carbocycles. The fourth-order valence-electron chi connectivity index (χ4n) is 4.28. The Balaban J connectivity index is 1.38. The Kier molecular flexibility index (Phi) is 7.95. The molecular weight excluding hydrogens is 488 g/mol. The number of aliphatic carboxylic acids is 1. The summed E-state index contributed by atoms with van der Waals surface area (Å²) in [4.78, 5) is 28.1. The van der Waals surface area contributed by atoms with Crippen LogP contribution in [-0.4, -0.2) is 43.3 Å². The Hall–Kier alpha value is -4.09. The van der Waals surface area contributed by atoms with Gasteiger partial charge in [-0.15, -0.1) is 5.10 Å². The van der Waals surface area contributed by atoms with Crippen molar-refractivity contribution in [3.05, 3.63) is 58.9 Å². The maximum absolute atomic E-state index is 13.3. The van der Waals surface area contributed by atoms with Gasteiger partial charge in [0.1, 0.15) is 29.7 Å². The van der Waals surface area contributed by atoms with Gasteiger partial charge in [0.2, 0.25) is 0 Å². The third kappa shape index (κ3) is 6.57. The highest BCUT2D eigenvalue weighted by Crippen LogP contribution is 2.30. The molecule has 12 heteroatoms. The van der Waals surface area contributed by atoms with Crippen LogP contribution < -0.4 is 10.1 Å². The number of pyridine rings is 1. The molecule has 1 unspecified atom stereocenters. The van der Waals surface area contributed by atoms with Crippen molar-refractivity contribution in [2.24, 2.45) is 13.0 Å². The number of amides is 1. The number of nitrogens with one attached hydrogen (secondary N) is 1. The molecule has 1 amide bonds. The number of nitrogens with zero attached hydrogens (tertiary/aromatic N) is 4. The van der Waals surface area contributed by atoms with E-state index in [1.807, 2.05) is 0 Å². The van der Waals surface area contributed by atoms with Crippen LogP contribution in [0.15, 0.2) is 30.3 Å². The smallest absolute Gasteiger partial charge is 0.407 e. The summed E-state index contributed by atoms with van der Waals surface area (Å²) < 4.78 is 39.2.